The number of hydrogen-bond donors (Lipinski definition) is 3. The highest BCUT2D eigenvalue weighted by atomic mass is 19.4. The molecule has 1 amide bonds. The number of aromatic nitrogens is 4. The van der Waals surface area contributed by atoms with E-state index in [1.807, 2.05) is 0 Å². The normalized spacial score (nSPS) is 13.1. The van der Waals surface area contributed by atoms with Crippen molar-refractivity contribution in [1.29, 1.82) is 0 Å². The third-order valence-electron chi connectivity index (χ3n) is 4.57. The molecule has 0 radical (unpaired) electrons. The van der Waals surface area contributed by atoms with Crippen molar-refractivity contribution in [1.82, 2.24) is 25.3 Å². The topological polar surface area (TPSA) is 122 Å². The highest BCUT2D eigenvalue weighted by Crippen LogP contribution is 2.28. The lowest BCUT2D eigenvalue weighted by atomic mass is 9.98. The Bertz CT molecular complexity index is 1190. The summed E-state index contributed by atoms with van der Waals surface area (Å²) in [6.45, 7) is -1.34. The van der Waals surface area contributed by atoms with Crippen molar-refractivity contribution in [3.63, 3.8) is 0 Å². The molecule has 2 aromatic heterocycles. The van der Waals surface area contributed by atoms with Crippen molar-refractivity contribution in [2.75, 3.05) is 0 Å². The van der Waals surface area contributed by atoms with E-state index in [1.54, 1.807) is 5.32 Å². The molecule has 182 valence electrons. The molecule has 34 heavy (non-hydrogen) atoms. The van der Waals surface area contributed by atoms with Gasteiger partial charge in [-0.05, 0) is 44.2 Å². The predicted molar refractivity (Wildman–Crippen MR) is 108 cm³/mol. The lowest BCUT2D eigenvalue weighted by molar-refractivity contribution is -0.192. The molecule has 0 bridgehead atoms. The number of nitrogens with zero attached hydrogens (tertiary/aromatic N) is 3. The molecule has 0 aliphatic rings. The van der Waals surface area contributed by atoms with Crippen LogP contribution < -0.4 is 15.6 Å². The maximum atomic E-state index is 13.4. The molecular formula is C20H18F5N5O4. The van der Waals surface area contributed by atoms with Crippen LogP contribution in [-0.2, 0) is 0 Å². The minimum atomic E-state index is -5.02. The van der Waals surface area contributed by atoms with Crippen molar-refractivity contribution in [3.8, 4) is 22.7 Å². The maximum absolute atomic E-state index is 13.4. The molecule has 0 saturated heterocycles. The molecule has 1 atom stereocenters. The van der Waals surface area contributed by atoms with Crippen LogP contribution in [-0.4, -0.2) is 55.4 Å². The molecule has 1 aromatic carbocycles. The molecule has 3 aromatic rings. The summed E-state index contributed by atoms with van der Waals surface area (Å²) in [7, 11) is 0. The number of hydrogen-bond acceptors (Lipinski definition) is 6. The fourth-order valence-electron chi connectivity index (χ4n) is 3.01. The Balaban J connectivity index is 2.09. The molecule has 1 unspecified atom stereocenters. The highest BCUT2D eigenvalue weighted by molar-refractivity contribution is 5.95. The number of carbonyl (C=O) groups is 1. The molecule has 0 fully saturated rings. The van der Waals surface area contributed by atoms with Crippen molar-refractivity contribution >= 4 is 5.91 Å². The number of benzene rings is 1. The SMILES string of the molecule is CC(C)(O)C(NC(=O)c1cc(-c2ccc(OC(F)F)cc2)nn(-c2cn[nH]c2)c1=O)C(F)(F)F. The number of aliphatic hydroxyl groups is 1. The van der Waals surface area contributed by atoms with Gasteiger partial charge in [-0.15, -0.1) is 0 Å². The second-order valence-corrected chi connectivity index (χ2v) is 7.62. The Morgan fingerprint density at radius 3 is 2.35 bits per heavy atom. The van der Waals surface area contributed by atoms with Gasteiger partial charge in [0.2, 0.25) is 0 Å². The van der Waals surface area contributed by atoms with Crippen LogP contribution in [0.1, 0.15) is 24.2 Å². The Hall–Kier alpha value is -3.81. The van der Waals surface area contributed by atoms with E-state index in [4.69, 9.17) is 0 Å². The van der Waals surface area contributed by atoms with E-state index in [9.17, 15) is 36.6 Å². The van der Waals surface area contributed by atoms with Gasteiger partial charge in [0.15, 0.2) is 6.04 Å². The van der Waals surface area contributed by atoms with Gasteiger partial charge in [-0.1, -0.05) is 0 Å². The molecule has 0 aliphatic carbocycles. The summed E-state index contributed by atoms with van der Waals surface area (Å²) < 4.78 is 70.0. The van der Waals surface area contributed by atoms with Crippen LogP contribution in [0, 0.1) is 0 Å². The fourth-order valence-corrected chi connectivity index (χ4v) is 3.01. The van der Waals surface area contributed by atoms with E-state index < -0.39 is 41.5 Å². The second kappa shape index (κ2) is 9.21. The molecule has 0 aliphatic heterocycles. The highest BCUT2D eigenvalue weighted by Gasteiger charge is 2.49. The number of alkyl halides is 5. The van der Waals surface area contributed by atoms with E-state index in [0.717, 1.165) is 24.6 Å². The summed E-state index contributed by atoms with van der Waals surface area (Å²) in [5.41, 5.74) is -3.89. The quantitative estimate of drug-likeness (QED) is 0.441. The fraction of sp³-hybridized carbons (Fsp3) is 0.300. The summed E-state index contributed by atoms with van der Waals surface area (Å²) in [5.74, 6) is -1.58. The summed E-state index contributed by atoms with van der Waals surface area (Å²) in [5, 5.41) is 21.8. The van der Waals surface area contributed by atoms with Crippen LogP contribution >= 0.6 is 0 Å². The second-order valence-electron chi connectivity index (χ2n) is 7.62. The first-order valence-corrected chi connectivity index (χ1v) is 9.56. The predicted octanol–water partition coefficient (Wildman–Crippen LogP) is 2.66. The Labute approximate surface area is 188 Å². The number of nitrogens with one attached hydrogen (secondary N) is 2. The number of rotatable bonds is 7. The van der Waals surface area contributed by atoms with Crippen LogP contribution in [0.3, 0.4) is 0 Å². The Morgan fingerprint density at radius 2 is 1.85 bits per heavy atom. The first kappa shape index (κ1) is 24.8. The Morgan fingerprint density at radius 1 is 1.21 bits per heavy atom. The van der Waals surface area contributed by atoms with Crippen molar-refractivity contribution in [2.24, 2.45) is 0 Å². The maximum Gasteiger partial charge on any atom is 0.411 e. The Kier molecular flexibility index (Phi) is 6.72. The lowest BCUT2D eigenvalue weighted by Gasteiger charge is -2.31. The third kappa shape index (κ3) is 5.57. The van der Waals surface area contributed by atoms with Crippen LogP contribution in [0.15, 0.2) is 47.5 Å². The zero-order chi connectivity index (χ0) is 25.3. The number of H-pyrrole nitrogens is 1. The summed E-state index contributed by atoms with van der Waals surface area (Å²) in [6, 6.07) is 3.25. The van der Waals surface area contributed by atoms with Crippen molar-refractivity contribution in [2.45, 2.75) is 38.3 Å². The van der Waals surface area contributed by atoms with Gasteiger partial charge in [0.25, 0.3) is 11.5 Å². The molecule has 0 spiro atoms. The van der Waals surface area contributed by atoms with Crippen LogP contribution in [0.4, 0.5) is 22.0 Å². The number of halogens is 5. The summed E-state index contributed by atoms with van der Waals surface area (Å²) in [6.07, 6.45) is -2.57. The molecule has 9 nitrogen and oxygen atoms in total. The van der Waals surface area contributed by atoms with Gasteiger partial charge in [-0.25, -0.2) is 0 Å². The average Bonchev–Trinajstić information content (AvgIpc) is 3.25. The van der Waals surface area contributed by atoms with Gasteiger partial charge in [-0.2, -0.15) is 36.8 Å². The van der Waals surface area contributed by atoms with Gasteiger partial charge in [0, 0.05) is 11.8 Å². The zero-order valence-electron chi connectivity index (χ0n) is 17.6. The van der Waals surface area contributed by atoms with Crippen molar-refractivity contribution in [3.05, 3.63) is 58.6 Å². The van der Waals surface area contributed by atoms with E-state index in [2.05, 4.69) is 20.0 Å². The number of amides is 1. The zero-order valence-corrected chi connectivity index (χ0v) is 17.6. The number of ether oxygens (including phenoxy) is 1. The summed E-state index contributed by atoms with van der Waals surface area (Å²) >= 11 is 0. The van der Waals surface area contributed by atoms with Gasteiger partial charge >= 0.3 is 12.8 Å². The molecule has 0 saturated carbocycles. The standard InChI is InChI=1S/C20H18F5N5O4/c1-19(2,33)17(20(23,24)25)28-15(31)13-7-14(10-3-5-12(6-4-10)34-18(21)22)29-30(16(13)32)11-8-26-27-9-11/h3-9,17-18,33H,1-2H3,(H,26,27)(H,28,31). The molecule has 14 heteroatoms. The van der Waals surface area contributed by atoms with Gasteiger partial charge < -0.3 is 15.2 Å². The number of aromatic amines is 1. The monoisotopic (exact) mass is 487 g/mol. The van der Waals surface area contributed by atoms with Crippen molar-refractivity contribution < 1.29 is 36.6 Å². The van der Waals surface area contributed by atoms with Crippen LogP contribution in [0.25, 0.3) is 16.9 Å². The van der Waals surface area contributed by atoms with E-state index in [-0.39, 0.29) is 22.7 Å². The molecule has 3 rings (SSSR count). The third-order valence-corrected chi connectivity index (χ3v) is 4.57. The van der Waals surface area contributed by atoms with E-state index in [1.165, 1.54) is 36.7 Å². The summed E-state index contributed by atoms with van der Waals surface area (Å²) in [4.78, 5) is 25.7. The molecule has 2 heterocycles. The van der Waals surface area contributed by atoms with Crippen LogP contribution in [0.2, 0.25) is 0 Å². The smallest absolute Gasteiger partial charge is 0.411 e. The van der Waals surface area contributed by atoms with Gasteiger partial charge in [-0.3, -0.25) is 14.7 Å². The molecular weight excluding hydrogens is 469 g/mol. The average molecular weight is 487 g/mol. The minimum Gasteiger partial charge on any atom is -0.435 e. The first-order valence-electron chi connectivity index (χ1n) is 9.56. The minimum absolute atomic E-state index is 0.0404. The first-order chi connectivity index (χ1) is 15.8. The lowest BCUT2D eigenvalue weighted by Crippen LogP contribution is -2.58. The van der Waals surface area contributed by atoms with E-state index >= 15 is 0 Å². The van der Waals surface area contributed by atoms with Gasteiger partial charge in [0.1, 0.15) is 17.0 Å². The largest absolute Gasteiger partial charge is 0.435 e. The molecule has 3 N–H and O–H groups in total. The van der Waals surface area contributed by atoms with E-state index in [0.29, 0.717) is 0 Å². The number of carbonyl (C=O) groups excluding carboxylic acids is 1. The van der Waals surface area contributed by atoms with Crippen LogP contribution in [0.5, 0.6) is 5.75 Å². The van der Waals surface area contributed by atoms with Gasteiger partial charge in [0.05, 0.1) is 17.5 Å².